The summed E-state index contributed by atoms with van der Waals surface area (Å²) in [7, 11) is 1.01. The van der Waals surface area contributed by atoms with Crippen LogP contribution in [0.4, 0.5) is 0 Å². The molecule has 7 nitrogen and oxygen atoms in total. The van der Waals surface area contributed by atoms with Crippen LogP contribution in [0.5, 0.6) is 0 Å². The summed E-state index contributed by atoms with van der Waals surface area (Å²) >= 11 is 0. The predicted octanol–water partition coefficient (Wildman–Crippen LogP) is 1.26. The zero-order valence-corrected chi connectivity index (χ0v) is 16.1. The highest BCUT2D eigenvalue weighted by atomic mass is 32.2. The van der Waals surface area contributed by atoms with Crippen molar-refractivity contribution >= 4 is 15.8 Å². The Bertz CT molecular complexity index is 597. The third kappa shape index (κ3) is 7.83. The van der Waals surface area contributed by atoms with E-state index in [1.807, 2.05) is 40.1 Å². The number of sulfone groups is 1. The summed E-state index contributed by atoms with van der Waals surface area (Å²) in [6, 6.07) is 3.86. The fraction of sp³-hybridized carbons (Fsp3) is 0.688. The van der Waals surface area contributed by atoms with Gasteiger partial charge in [0.2, 0.25) is 0 Å². The molecular weight excluding hydrogens is 328 g/mol. The quantitative estimate of drug-likeness (QED) is 0.510. The molecule has 0 aromatic carbocycles. The summed E-state index contributed by atoms with van der Waals surface area (Å²) in [6.45, 7) is 5.22. The Hall–Kier alpha value is -1.54. The normalized spacial score (nSPS) is 15.3. The largest absolute Gasteiger partial charge is 0.468 e. The summed E-state index contributed by atoms with van der Waals surface area (Å²) < 4.78 is 28.0. The summed E-state index contributed by atoms with van der Waals surface area (Å²) in [5.74, 6) is 1.70. The minimum Gasteiger partial charge on any atom is -0.468 e. The molecule has 0 amide bonds. The third-order valence-electron chi connectivity index (χ3n) is 3.57. The molecule has 0 aliphatic carbocycles. The molecule has 138 valence electrons. The predicted molar refractivity (Wildman–Crippen MR) is 98.0 cm³/mol. The molecule has 24 heavy (non-hydrogen) atoms. The van der Waals surface area contributed by atoms with Crippen molar-refractivity contribution in [1.29, 1.82) is 0 Å². The molecule has 0 fully saturated rings. The Balaban J connectivity index is 2.69. The monoisotopic (exact) mass is 358 g/mol. The second-order valence-corrected chi connectivity index (χ2v) is 8.44. The Labute approximate surface area is 145 Å². The van der Waals surface area contributed by atoms with Gasteiger partial charge in [-0.05, 0) is 46.5 Å². The van der Waals surface area contributed by atoms with E-state index >= 15 is 0 Å². The van der Waals surface area contributed by atoms with E-state index in [2.05, 4.69) is 20.5 Å². The zero-order chi connectivity index (χ0) is 18.2. The standard InChI is InChI=1S/C16H30N4O3S/c1-6-17-16(19-13(2)9-11-24(5,21)22)18-12-14(20(3)4)15-8-7-10-23-15/h7-8,10,13-14H,6,9,11-12H2,1-5H3,(H2,17,18,19). The number of rotatable bonds is 9. The summed E-state index contributed by atoms with van der Waals surface area (Å²) in [4.78, 5) is 6.67. The first-order chi connectivity index (χ1) is 11.2. The van der Waals surface area contributed by atoms with Gasteiger partial charge in [0.25, 0.3) is 0 Å². The van der Waals surface area contributed by atoms with Crippen LogP contribution in [0, 0.1) is 0 Å². The van der Waals surface area contributed by atoms with E-state index in [4.69, 9.17) is 4.42 Å². The Morgan fingerprint density at radius 2 is 2.12 bits per heavy atom. The first kappa shape index (κ1) is 20.5. The average molecular weight is 359 g/mol. The Morgan fingerprint density at radius 3 is 2.62 bits per heavy atom. The lowest BCUT2D eigenvalue weighted by molar-refractivity contribution is 0.265. The minimum atomic E-state index is -2.95. The van der Waals surface area contributed by atoms with Gasteiger partial charge in [0.05, 0.1) is 24.6 Å². The van der Waals surface area contributed by atoms with Gasteiger partial charge < -0.3 is 15.1 Å². The van der Waals surface area contributed by atoms with Gasteiger partial charge in [0.15, 0.2) is 5.96 Å². The molecule has 0 aliphatic rings. The van der Waals surface area contributed by atoms with E-state index < -0.39 is 9.84 Å². The van der Waals surface area contributed by atoms with Crippen LogP contribution in [0.2, 0.25) is 0 Å². The molecule has 2 atom stereocenters. The molecule has 0 radical (unpaired) electrons. The van der Waals surface area contributed by atoms with E-state index in [-0.39, 0.29) is 17.8 Å². The van der Waals surface area contributed by atoms with Crippen molar-refractivity contribution in [3.05, 3.63) is 24.2 Å². The van der Waals surface area contributed by atoms with Crippen LogP contribution in [0.3, 0.4) is 0 Å². The maximum atomic E-state index is 11.3. The molecule has 0 bridgehead atoms. The minimum absolute atomic E-state index is 0.0129. The molecule has 2 N–H and O–H groups in total. The van der Waals surface area contributed by atoms with Gasteiger partial charge in [0, 0.05) is 18.8 Å². The lowest BCUT2D eigenvalue weighted by Crippen LogP contribution is -2.43. The molecule has 0 aliphatic heterocycles. The van der Waals surface area contributed by atoms with E-state index in [0.29, 0.717) is 18.9 Å². The highest BCUT2D eigenvalue weighted by molar-refractivity contribution is 7.90. The van der Waals surface area contributed by atoms with Crippen molar-refractivity contribution < 1.29 is 12.8 Å². The number of hydrogen-bond acceptors (Lipinski definition) is 5. The summed E-state index contributed by atoms with van der Waals surface area (Å²) in [6.07, 6.45) is 3.45. The smallest absolute Gasteiger partial charge is 0.191 e. The van der Waals surface area contributed by atoms with Crippen LogP contribution in [0.1, 0.15) is 32.1 Å². The number of likely N-dealkylation sites (N-methyl/N-ethyl adjacent to an activating group) is 1. The second kappa shape index (κ2) is 9.68. The highest BCUT2D eigenvalue weighted by Gasteiger charge is 2.17. The fourth-order valence-corrected chi connectivity index (χ4v) is 2.96. The topological polar surface area (TPSA) is 86.9 Å². The number of hydrogen-bond donors (Lipinski definition) is 2. The third-order valence-corrected chi connectivity index (χ3v) is 4.54. The van der Waals surface area contributed by atoms with Crippen molar-refractivity contribution in [2.45, 2.75) is 32.4 Å². The van der Waals surface area contributed by atoms with Gasteiger partial charge in [-0.25, -0.2) is 8.42 Å². The van der Waals surface area contributed by atoms with Crippen molar-refractivity contribution in [1.82, 2.24) is 15.5 Å². The molecule has 2 unspecified atom stereocenters. The van der Waals surface area contributed by atoms with Gasteiger partial charge in [-0.15, -0.1) is 0 Å². The van der Waals surface area contributed by atoms with Crippen LogP contribution in [-0.4, -0.2) is 64.5 Å². The van der Waals surface area contributed by atoms with Gasteiger partial charge in [-0.2, -0.15) is 0 Å². The number of furan rings is 1. The van der Waals surface area contributed by atoms with Crippen molar-refractivity contribution in [2.24, 2.45) is 4.99 Å². The van der Waals surface area contributed by atoms with Crippen molar-refractivity contribution in [2.75, 3.05) is 39.2 Å². The molecular formula is C16H30N4O3S. The van der Waals surface area contributed by atoms with E-state index in [9.17, 15) is 8.42 Å². The fourth-order valence-electron chi connectivity index (χ4n) is 2.18. The molecule has 1 aromatic heterocycles. The first-order valence-electron chi connectivity index (χ1n) is 8.15. The van der Waals surface area contributed by atoms with E-state index in [0.717, 1.165) is 12.3 Å². The maximum Gasteiger partial charge on any atom is 0.191 e. The second-order valence-electron chi connectivity index (χ2n) is 6.18. The number of guanidine groups is 1. The average Bonchev–Trinajstić information content (AvgIpc) is 2.98. The van der Waals surface area contributed by atoms with Gasteiger partial charge >= 0.3 is 0 Å². The van der Waals surface area contributed by atoms with Crippen LogP contribution in [-0.2, 0) is 9.84 Å². The number of nitrogens with zero attached hydrogens (tertiary/aromatic N) is 2. The molecule has 1 aromatic rings. The van der Waals surface area contributed by atoms with Gasteiger partial charge in [0.1, 0.15) is 15.6 Å². The summed E-state index contributed by atoms with van der Waals surface area (Å²) in [5, 5.41) is 6.45. The maximum absolute atomic E-state index is 11.3. The number of aliphatic imine (C=N–C) groups is 1. The van der Waals surface area contributed by atoms with Crippen LogP contribution >= 0.6 is 0 Å². The van der Waals surface area contributed by atoms with E-state index in [1.165, 1.54) is 6.26 Å². The number of nitrogens with one attached hydrogen (secondary N) is 2. The summed E-state index contributed by atoms with van der Waals surface area (Å²) in [5.41, 5.74) is 0. The zero-order valence-electron chi connectivity index (χ0n) is 15.2. The van der Waals surface area contributed by atoms with Crippen LogP contribution < -0.4 is 10.6 Å². The van der Waals surface area contributed by atoms with E-state index in [1.54, 1.807) is 6.26 Å². The Kier molecular flexibility index (Phi) is 8.27. The van der Waals surface area contributed by atoms with Crippen LogP contribution in [0.15, 0.2) is 27.8 Å². The lowest BCUT2D eigenvalue weighted by Gasteiger charge is -2.22. The molecule has 0 saturated carbocycles. The van der Waals surface area contributed by atoms with Crippen molar-refractivity contribution in [3.63, 3.8) is 0 Å². The van der Waals surface area contributed by atoms with Gasteiger partial charge in [-0.3, -0.25) is 9.89 Å². The Morgan fingerprint density at radius 1 is 1.42 bits per heavy atom. The van der Waals surface area contributed by atoms with Crippen LogP contribution in [0.25, 0.3) is 0 Å². The lowest BCUT2D eigenvalue weighted by atomic mass is 10.2. The van der Waals surface area contributed by atoms with Gasteiger partial charge in [-0.1, -0.05) is 0 Å². The first-order valence-corrected chi connectivity index (χ1v) is 10.2. The molecule has 0 spiro atoms. The SMILES string of the molecule is CCNC(=NCC(c1ccco1)N(C)C)NC(C)CCS(C)(=O)=O. The molecule has 0 saturated heterocycles. The van der Waals surface area contributed by atoms with Crippen molar-refractivity contribution in [3.8, 4) is 0 Å². The molecule has 8 heteroatoms. The molecule has 1 rings (SSSR count). The highest BCUT2D eigenvalue weighted by Crippen LogP contribution is 2.18. The molecule has 1 heterocycles.